The molecule has 5 heteroatoms. The van der Waals surface area contributed by atoms with Crippen LogP contribution in [0.2, 0.25) is 0 Å². The van der Waals surface area contributed by atoms with E-state index in [-0.39, 0.29) is 18.3 Å². The van der Waals surface area contributed by atoms with Crippen molar-refractivity contribution in [3.8, 4) is 0 Å². The molecule has 0 aromatic heterocycles. The molecule has 0 radical (unpaired) electrons. The summed E-state index contributed by atoms with van der Waals surface area (Å²) in [5.74, 6) is -0.339. The van der Waals surface area contributed by atoms with E-state index >= 15 is 0 Å². The average Bonchev–Trinajstić information content (AvgIpc) is 2.79. The summed E-state index contributed by atoms with van der Waals surface area (Å²) < 4.78 is 5.77. The number of ether oxygens (including phenoxy) is 1. The van der Waals surface area contributed by atoms with E-state index in [1.165, 1.54) is 0 Å². The van der Waals surface area contributed by atoms with Gasteiger partial charge in [-0.15, -0.1) is 0 Å². The van der Waals surface area contributed by atoms with Gasteiger partial charge in [0.2, 0.25) is 0 Å². The first-order valence-corrected chi connectivity index (χ1v) is 7.52. The largest absolute Gasteiger partial charge is 0.389 e. The Labute approximate surface area is 122 Å². The molecule has 0 unspecified atom stereocenters. The molecule has 1 saturated heterocycles. The van der Waals surface area contributed by atoms with Gasteiger partial charge in [-0.2, -0.15) is 0 Å². The van der Waals surface area contributed by atoms with Crippen LogP contribution in [0.5, 0.6) is 0 Å². The molecular formula is C16H20O5. The lowest BCUT2D eigenvalue weighted by Crippen LogP contribution is -2.58. The monoisotopic (exact) mass is 292 g/mol. The highest BCUT2D eigenvalue weighted by Crippen LogP contribution is 2.58. The van der Waals surface area contributed by atoms with Gasteiger partial charge in [0.05, 0.1) is 24.9 Å². The third kappa shape index (κ3) is 1.58. The van der Waals surface area contributed by atoms with Crippen molar-refractivity contribution in [2.75, 3.05) is 6.61 Å². The zero-order chi connectivity index (χ0) is 15.0. The maximum Gasteiger partial charge on any atom is 0.161 e. The standard InChI is InChI=1S/C16H20O5/c1-15-6-8-9(17)2-3-10(18)12(8)13-14(15)16(20,7-21-13)5-4-11(15)19/h4-5,9,11,13-14,17,19-20H,2-3,6-7H2,1H3/t9-,11-,13+,14+,15-,16-/m0/s1. The number of carbonyl (C=O) groups is 1. The second kappa shape index (κ2) is 4.04. The van der Waals surface area contributed by atoms with Crippen LogP contribution in [-0.2, 0) is 9.53 Å². The van der Waals surface area contributed by atoms with E-state index in [0.717, 1.165) is 0 Å². The number of aliphatic hydroxyl groups is 3. The van der Waals surface area contributed by atoms with Crippen LogP contribution in [0, 0.1) is 11.3 Å². The molecule has 5 nitrogen and oxygen atoms in total. The van der Waals surface area contributed by atoms with Gasteiger partial charge in [0.25, 0.3) is 0 Å². The van der Waals surface area contributed by atoms with Gasteiger partial charge in [0.15, 0.2) is 5.78 Å². The molecule has 0 aromatic carbocycles. The third-order valence-electron chi connectivity index (χ3n) is 5.84. The summed E-state index contributed by atoms with van der Waals surface area (Å²) in [6, 6.07) is 0. The third-order valence-corrected chi connectivity index (χ3v) is 5.84. The number of rotatable bonds is 0. The van der Waals surface area contributed by atoms with Crippen molar-refractivity contribution in [1.82, 2.24) is 0 Å². The predicted molar refractivity (Wildman–Crippen MR) is 73.3 cm³/mol. The highest BCUT2D eigenvalue weighted by molar-refractivity contribution is 5.98. The van der Waals surface area contributed by atoms with Crippen LogP contribution in [0.3, 0.4) is 0 Å². The van der Waals surface area contributed by atoms with Gasteiger partial charge in [0.1, 0.15) is 5.60 Å². The van der Waals surface area contributed by atoms with Gasteiger partial charge < -0.3 is 20.1 Å². The molecule has 0 amide bonds. The molecule has 4 rings (SSSR count). The molecule has 1 heterocycles. The van der Waals surface area contributed by atoms with Crippen LogP contribution >= 0.6 is 0 Å². The lowest BCUT2D eigenvalue weighted by atomic mass is 9.53. The van der Waals surface area contributed by atoms with Crippen molar-refractivity contribution in [2.45, 2.75) is 50.1 Å². The highest BCUT2D eigenvalue weighted by Gasteiger charge is 2.64. The van der Waals surface area contributed by atoms with Gasteiger partial charge in [-0.1, -0.05) is 19.1 Å². The Morgan fingerprint density at radius 1 is 1.38 bits per heavy atom. The Morgan fingerprint density at radius 3 is 2.90 bits per heavy atom. The summed E-state index contributed by atoms with van der Waals surface area (Å²) in [6.07, 6.45) is 2.51. The molecular weight excluding hydrogens is 272 g/mol. The van der Waals surface area contributed by atoms with Crippen molar-refractivity contribution in [1.29, 1.82) is 0 Å². The van der Waals surface area contributed by atoms with Crippen molar-refractivity contribution in [3.63, 3.8) is 0 Å². The molecule has 0 bridgehead atoms. The number of ketones is 1. The first kappa shape index (κ1) is 13.6. The molecule has 4 aliphatic rings. The molecule has 6 atom stereocenters. The number of carbonyl (C=O) groups excluding carboxylic acids is 1. The van der Waals surface area contributed by atoms with Gasteiger partial charge in [-0.05, 0) is 18.4 Å². The molecule has 1 fully saturated rings. The lowest BCUT2D eigenvalue weighted by Gasteiger charge is -2.52. The van der Waals surface area contributed by atoms with Crippen molar-refractivity contribution in [2.24, 2.45) is 11.3 Å². The maximum atomic E-state index is 12.3. The zero-order valence-electron chi connectivity index (χ0n) is 12.0. The SMILES string of the molecule is C[C@]12CC3=C(C(=O)CC[C@@H]3O)[C@H]3OC[C@@](O)(C=C[C@@H]1O)[C@H]32. The molecule has 1 aliphatic heterocycles. The summed E-state index contributed by atoms with van der Waals surface area (Å²) in [5, 5.41) is 31.5. The molecule has 0 aromatic rings. The molecule has 0 spiro atoms. The molecule has 3 N–H and O–H groups in total. The molecule has 21 heavy (non-hydrogen) atoms. The van der Waals surface area contributed by atoms with E-state index in [1.54, 1.807) is 12.2 Å². The van der Waals surface area contributed by atoms with Gasteiger partial charge in [0, 0.05) is 23.3 Å². The number of hydrogen-bond donors (Lipinski definition) is 3. The minimum atomic E-state index is -1.14. The normalized spacial score (nSPS) is 51.9. The van der Waals surface area contributed by atoms with Gasteiger partial charge >= 0.3 is 0 Å². The van der Waals surface area contributed by atoms with Crippen LogP contribution in [0.4, 0.5) is 0 Å². The lowest BCUT2D eigenvalue weighted by molar-refractivity contribution is -0.121. The van der Waals surface area contributed by atoms with E-state index in [9.17, 15) is 20.1 Å². The van der Waals surface area contributed by atoms with Gasteiger partial charge in [-0.25, -0.2) is 0 Å². The fourth-order valence-electron chi connectivity index (χ4n) is 4.77. The maximum absolute atomic E-state index is 12.3. The van der Waals surface area contributed by atoms with E-state index in [0.29, 0.717) is 30.4 Å². The average molecular weight is 292 g/mol. The van der Waals surface area contributed by atoms with E-state index in [2.05, 4.69) is 0 Å². The molecule has 3 aliphatic carbocycles. The zero-order valence-corrected chi connectivity index (χ0v) is 12.0. The smallest absolute Gasteiger partial charge is 0.161 e. The van der Waals surface area contributed by atoms with Crippen LogP contribution < -0.4 is 0 Å². The van der Waals surface area contributed by atoms with Crippen molar-refractivity contribution >= 4 is 5.78 Å². The second-order valence-electron chi connectivity index (χ2n) is 7.10. The Kier molecular flexibility index (Phi) is 2.63. The Bertz CT molecular complexity index is 579. The fourth-order valence-corrected chi connectivity index (χ4v) is 4.77. The Morgan fingerprint density at radius 2 is 2.14 bits per heavy atom. The van der Waals surface area contributed by atoms with Crippen LogP contribution in [0.25, 0.3) is 0 Å². The van der Waals surface area contributed by atoms with Crippen molar-refractivity contribution < 1.29 is 24.9 Å². The van der Waals surface area contributed by atoms with E-state index < -0.39 is 29.3 Å². The fraction of sp³-hybridized carbons (Fsp3) is 0.688. The molecule has 0 saturated carbocycles. The first-order chi connectivity index (χ1) is 9.87. The van der Waals surface area contributed by atoms with E-state index in [1.807, 2.05) is 6.92 Å². The number of hydrogen-bond acceptors (Lipinski definition) is 5. The summed E-state index contributed by atoms with van der Waals surface area (Å²) in [7, 11) is 0. The topological polar surface area (TPSA) is 87.0 Å². The highest BCUT2D eigenvalue weighted by atomic mass is 16.5. The molecule has 114 valence electrons. The first-order valence-electron chi connectivity index (χ1n) is 7.52. The Hall–Kier alpha value is -1.01. The second-order valence-corrected chi connectivity index (χ2v) is 7.10. The van der Waals surface area contributed by atoms with Crippen LogP contribution in [0.15, 0.2) is 23.3 Å². The summed E-state index contributed by atoms with van der Waals surface area (Å²) in [4.78, 5) is 12.3. The number of fused-ring (bicyclic) bond motifs is 1. The number of aliphatic hydroxyl groups excluding tert-OH is 2. The van der Waals surface area contributed by atoms with Crippen LogP contribution in [0.1, 0.15) is 26.2 Å². The van der Waals surface area contributed by atoms with Crippen molar-refractivity contribution in [3.05, 3.63) is 23.3 Å². The van der Waals surface area contributed by atoms with Gasteiger partial charge in [-0.3, -0.25) is 4.79 Å². The summed E-state index contributed by atoms with van der Waals surface area (Å²) >= 11 is 0. The summed E-state index contributed by atoms with van der Waals surface area (Å²) in [6.45, 7) is 2.04. The predicted octanol–water partition coefficient (Wildman–Crippen LogP) is 0.0936. The van der Waals surface area contributed by atoms with Crippen LogP contribution in [-0.4, -0.2) is 51.6 Å². The van der Waals surface area contributed by atoms with E-state index in [4.69, 9.17) is 4.74 Å². The minimum Gasteiger partial charge on any atom is -0.389 e. The number of Topliss-reactive ketones (excluding diaryl/α,β-unsaturated/α-hetero) is 1. The summed E-state index contributed by atoms with van der Waals surface area (Å²) in [5.41, 5.74) is -0.509. The Balaban J connectivity index is 1.91. The minimum absolute atomic E-state index is 0.00985. The quantitative estimate of drug-likeness (QED) is 0.551.